The molecule has 2 aliphatic heterocycles. The predicted octanol–water partition coefficient (Wildman–Crippen LogP) is 5.73. The zero-order valence-electron chi connectivity index (χ0n) is 21.9. The number of ketones is 2. The normalized spacial score (nSPS) is 25.5. The van der Waals surface area contributed by atoms with Crippen molar-refractivity contribution in [2.24, 2.45) is 0 Å². The third-order valence-corrected chi connectivity index (χ3v) is 13.0. The molecule has 37 heavy (non-hydrogen) atoms. The summed E-state index contributed by atoms with van der Waals surface area (Å²) in [4.78, 5) is 32.2. The van der Waals surface area contributed by atoms with Crippen LogP contribution in [0.25, 0.3) is 4.96 Å². The van der Waals surface area contributed by atoms with Gasteiger partial charge in [-0.2, -0.15) is 0 Å². The largest absolute Gasteiger partial charge is 0.408 e. The van der Waals surface area contributed by atoms with Crippen molar-refractivity contribution in [1.82, 2.24) is 9.38 Å². The molecule has 3 aromatic rings. The quantitative estimate of drug-likeness (QED) is 0.280. The maximum Gasteiger partial charge on any atom is 0.211 e. The van der Waals surface area contributed by atoms with Crippen LogP contribution in [0.4, 0.5) is 0 Å². The Morgan fingerprint density at radius 1 is 1.16 bits per heavy atom. The van der Waals surface area contributed by atoms with Crippen LogP contribution in [0, 0.1) is 0 Å². The van der Waals surface area contributed by atoms with Gasteiger partial charge in [-0.1, -0.05) is 43.7 Å². The summed E-state index contributed by atoms with van der Waals surface area (Å²) in [5, 5.41) is 0.472. The molecular formula is C26H31ClN2O6SSi. The molecule has 0 aliphatic carbocycles. The van der Waals surface area contributed by atoms with Crippen LogP contribution in [0.5, 0.6) is 0 Å². The van der Waals surface area contributed by atoms with Crippen molar-refractivity contribution < 1.29 is 28.2 Å². The Morgan fingerprint density at radius 3 is 2.49 bits per heavy atom. The summed E-state index contributed by atoms with van der Waals surface area (Å²) in [7, 11) is -2.28. The molecule has 8 nitrogen and oxygen atoms in total. The lowest BCUT2D eigenvalue weighted by Crippen LogP contribution is -2.51. The van der Waals surface area contributed by atoms with Crippen LogP contribution in [-0.4, -0.2) is 59.7 Å². The van der Waals surface area contributed by atoms with E-state index in [1.165, 1.54) is 17.5 Å². The fraction of sp³-hybridized carbons (Fsp3) is 0.500. The van der Waals surface area contributed by atoms with Crippen molar-refractivity contribution in [1.29, 1.82) is 0 Å². The van der Waals surface area contributed by atoms with E-state index in [0.717, 1.165) is 0 Å². The molecule has 2 aromatic heterocycles. The number of carbonyl (C=O) groups excluding carboxylic acids is 2. The van der Waals surface area contributed by atoms with E-state index in [9.17, 15) is 9.59 Å². The molecule has 0 unspecified atom stereocenters. The number of fused-ring (bicyclic) bond motifs is 2. The highest BCUT2D eigenvalue weighted by Gasteiger charge is 2.59. The second kappa shape index (κ2) is 9.08. The summed E-state index contributed by atoms with van der Waals surface area (Å²) in [6.07, 6.45) is 0.406. The number of ether oxygens (including phenoxy) is 3. The highest BCUT2D eigenvalue weighted by Crippen LogP contribution is 2.44. The number of benzene rings is 1. The smallest absolute Gasteiger partial charge is 0.211 e. The van der Waals surface area contributed by atoms with Gasteiger partial charge in [-0.05, 0) is 56.2 Å². The van der Waals surface area contributed by atoms with Gasteiger partial charge in [-0.25, -0.2) is 4.98 Å². The number of imidazole rings is 1. The molecule has 0 N–H and O–H groups in total. The van der Waals surface area contributed by atoms with Crippen LogP contribution >= 0.6 is 22.9 Å². The third kappa shape index (κ3) is 4.84. The molecule has 5 rings (SSSR count). The minimum Gasteiger partial charge on any atom is -0.408 e. The molecule has 0 spiro atoms. The van der Waals surface area contributed by atoms with Gasteiger partial charge in [0.1, 0.15) is 17.9 Å². The average Bonchev–Trinajstić information content (AvgIpc) is 3.52. The molecular weight excluding hydrogens is 532 g/mol. The molecule has 4 atom stereocenters. The summed E-state index contributed by atoms with van der Waals surface area (Å²) >= 11 is 7.17. The topological polar surface area (TPSA) is 88.4 Å². The molecule has 0 radical (unpaired) electrons. The Morgan fingerprint density at radius 2 is 1.84 bits per heavy atom. The Hall–Kier alpha value is -1.92. The van der Waals surface area contributed by atoms with Crippen LogP contribution in [0.15, 0.2) is 36.7 Å². The Kier molecular flexibility index (Phi) is 6.55. The summed E-state index contributed by atoms with van der Waals surface area (Å²) in [5.74, 6) is -1.29. The molecule has 198 valence electrons. The first-order valence-corrected chi connectivity index (χ1v) is 16.3. The van der Waals surface area contributed by atoms with E-state index in [1.54, 1.807) is 34.9 Å². The second-order valence-electron chi connectivity index (χ2n) is 11.5. The van der Waals surface area contributed by atoms with Crippen molar-refractivity contribution in [2.75, 3.05) is 0 Å². The zero-order chi connectivity index (χ0) is 26.9. The standard InChI is InChI=1S/C26H31ClN2O6SSi/c1-25(2,3)37(6,7)35-21-20(32-23-22(21)33-26(4,5)34-23)19(31)17-13-29-16(12-28-24(29)36-17)18(30)14-8-10-15(27)11-9-14/h8-13,20-23H,1-7H3/t20-,21+,22-,23-/m1/s1. The van der Waals surface area contributed by atoms with Gasteiger partial charge in [0.25, 0.3) is 0 Å². The summed E-state index contributed by atoms with van der Waals surface area (Å²) in [5.41, 5.74) is 0.844. The van der Waals surface area contributed by atoms with Crippen molar-refractivity contribution in [2.45, 2.75) is 83.1 Å². The molecule has 1 aromatic carbocycles. The van der Waals surface area contributed by atoms with Gasteiger partial charge in [0.05, 0.1) is 11.1 Å². The SMILES string of the molecule is CC1(C)O[C@H]2O[C@H](C(=O)c3cn4c(C(=O)c5ccc(Cl)cc5)cnc4s3)[C@H](O[Si](C)(C)C(C)(C)C)[C@H]2O1. The molecule has 2 aliphatic rings. The average molecular weight is 563 g/mol. The minimum atomic E-state index is -2.28. The number of aromatic nitrogens is 2. The Labute approximate surface area is 226 Å². The first-order valence-electron chi connectivity index (χ1n) is 12.2. The van der Waals surface area contributed by atoms with Crippen molar-refractivity contribution in [3.63, 3.8) is 0 Å². The summed E-state index contributed by atoms with van der Waals surface area (Å²) < 4.78 is 26.6. The Bertz CT molecular complexity index is 1360. The van der Waals surface area contributed by atoms with Gasteiger partial charge in [0.2, 0.25) is 11.6 Å². The monoisotopic (exact) mass is 562 g/mol. The van der Waals surface area contributed by atoms with Gasteiger partial charge in [-0.3, -0.25) is 14.0 Å². The number of rotatable bonds is 6. The lowest BCUT2D eigenvalue weighted by molar-refractivity contribution is -0.207. The maximum atomic E-state index is 13.8. The van der Waals surface area contributed by atoms with E-state index in [0.29, 0.717) is 26.1 Å². The van der Waals surface area contributed by atoms with E-state index in [-0.39, 0.29) is 16.6 Å². The lowest BCUT2D eigenvalue weighted by Gasteiger charge is -2.40. The van der Waals surface area contributed by atoms with Gasteiger partial charge >= 0.3 is 0 Å². The predicted molar refractivity (Wildman–Crippen MR) is 143 cm³/mol. The molecule has 0 bridgehead atoms. The van der Waals surface area contributed by atoms with Gasteiger partial charge in [0.15, 0.2) is 31.5 Å². The molecule has 4 heterocycles. The van der Waals surface area contributed by atoms with Crippen LogP contribution < -0.4 is 0 Å². The number of hydrogen-bond donors (Lipinski definition) is 0. The first kappa shape index (κ1) is 26.7. The van der Waals surface area contributed by atoms with Crippen LogP contribution in [-0.2, 0) is 18.6 Å². The lowest BCUT2D eigenvalue weighted by atomic mass is 10.1. The van der Waals surface area contributed by atoms with Crippen LogP contribution in [0.1, 0.15) is 60.3 Å². The molecule has 2 fully saturated rings. The number of hydrogen-bond acceptors (Lipinski definition) is 8. The van der Waals surface area contributed by atoms with Gasteiger partial charge in [-0.15, -0.1) is 0 Å². The second-order valence-corrected chi connectivity index (χ2v) is 17.7. The molecule has 0 amide bonds. The minimum absolute atomic E-state index is 0.0752. The molecule has 11 heteroatoms. The third-order valence-electron chi connectivity index (χ3n) is 7.28. The number of thiazole rings is 1. The van der Waals surface area contributed by atoms with Crippen molar-refractivity contribution in [3.8, 4) is 0 Å². The van der Waals surface area contributed by atoms with E-state index >= 15 is 0 Å². The fourth-order valence-electron chi connectivity index (χ4n) is 4.29. The van der Waals surface area contributed by atoms with Crippen molar-refractivity contribution >= 4 is 47.8 Å². The van der Waals surface area contributed by atoms with E-state index in [1.807, 2.05) is 13.8 Å². The van der Waals surface area contributed by atoms with E-state index < -0.39 is 38.7 Å². The Balaban J connectivity index is 1.45. The molecule has 0 saturated carbocycles. The highest BCUT2D eigenvalue weighted by molar-refractivity contribution is 7.19. The molecule has 2 saturated heterocycles. The fourth-order valence-corrected chi connectivity index (χ4v) is 6.64. The number of Topliss-reactive ketones (excluding diaryl/α,β-unsaturated/α-hetero) is 1. The maximum absolute atomic E-state index is 13.8. The van der Waals surface area contributed by atoms with E-state index in [4.69, 9.17) is 30.2 Å². The number of carbonyl (C=O) groups is 2. The van der Waals surface area contributed by atoms with Gasteiger partial charge in [0, 0.05) is 16.8 Å². The van der Waals surface area contributed by atoms with Crippen molar-refractivity contribution in [3.05, 3.63) is 57.8 Å². The first-order chi connectivity index (χ1) is 17.2. The highest BCUT2D eigenvalue weighted by atomic mass is 35.5. The summed E-state index contributed by atoms with van der Waals surface area (Å²) in [6, 6.07) is 6.66. The van der Waals surface area contributed by atoms with Crippen LogP contribution in [0.3, 0.4) is 0 Å². The van der Waals surface area contributed by atoms with Crippen LogP contribution in [0.2, 0.25) is 23.2 Å². The number of nitrogens with zero attached hydrogens (tertiary/aromatic N) is 2. The summed E-state index contributed by atoms with van der Waals surface area (Å²) in [6.45, 7) is 14.4. The number of halogens is 1. The zero-order valence-corrected chi connectivity index (χ0v) is 24.5. The van der Waals surface area contributed by atoms with E-state index in [2.05, 4.69) is 38.8 Å². The van der Waals surface area contributed by atoms with Gasteiger partial charge < -0.3 is 18.6 Å².